The molecule has 0 radical (unpaired) electrons. The number of amides is 8. The lowest BCUT2D eigenvalue weighted by atomic mass is 9.64. The molecule has 29 nitrogen and oxygen atoms in total. The van der Waals surface area contributed by atoms with Crippen LogP contribution < -0.4 is 21.3 Å². The maximum Gasteiger partial charge on any atom is 0.268 e. The summed E-state index contributed by atoms with van der Waals surface area (Å²) in [6.45, 7) is 22.2. The predicted molar refractivity (Wildman–Crippen MR) is 549 cm³/mol. The molecule has 4 aromatic carbocycles. The van der Waals surface area contributed by atoms with E-state index in [-0.39, 0.29) is 111 Å². The van der Waals surface area contributed by atoms with Crippen molar-refractivity contribution in [1.82, 2.24) is 67.8 Å². The van der Waals surface area contributed by atoms with E-state index in [0.717, 1.165) is 186 Å². The Hall–Kier alpha value is -15.0. The highest BCUT2D eigenvalue weighted by molar-refractivity contribution is 7.18. The van der Waals surface area contributed by atoms with Gasteiger partial charge in [-0.1, -0.05) is 56.6 Å². The Bertz CT molecular complexity index is 7690. The van der Waals surface area contributed by atoms with Gasteiger partial charge in [0.2, 0.25) is 47.4 Å². The second-order valence-corrected chi connectivity index (χ2v) is 42.7. The van der Waals surface area contributed by atoms with Crippen molar-refractivity contribution in [1.29, 1.82) is 0 Å². The first kappa shape index (κ1) is 94.2. The van der Waals surface area contributed by atoms with Crippen molar-refractivity contribution in [3.63, 3.8) is 0 Å². The highest BCUT2D eigenvalue weighted by Gasteiger charge is 2.55. The minimum Gasteiger partial charge on any atom is -0.464 e. The lowest BCUT2D eigenvalue weighted by Crippen LogP contribution is -2.42. The number of benzene rings is 4. The summed E-state index contributed by atoms with van der Waals surface area (Å²) in [5.74, 6) is 1.38. The molecule has 5 N–H and O–H groups in total. The van der Waals surface area contributed by atoms with Crippen LogP contribution in [0.3, 0.4) is 0 Å². The highest BCUT2D eigenvalue weighted by Crippen LogP contribution is 2.60. The monoisotopic (exact) mass is 1990 g/mol. The second-order valence-electron chi connectivity index (χ2n) is 38.4. The number of imidazole rings is 4. The van der Waals surface area contributed by atoms with Crippen molar-refractivity contribution >= 4 is 161 Å². The number of nitrogens with zero attached hydrogens (tertiary/aromatic N) is 14. The fraction of sp³-hybridized carbons (Fsp3) is 0.278. The molecule has 16 heterocycles. The summed E-state index contributed by atoms with van der Waals surface area (Å²) in [5, 5.41) is 21.6. The molecule has 35 heteroatoms. The molecule has 12 aromatic heterocycles. The fourth-order valence-corrected chi connectivity index (χ4v) is 25.7. The van der Waals surface area contributed by atoms with Gasteiger partial charge in [-0.15, -0.1) is 45.3 Å². The summed E-state index contributed by atoms with van der Waals surface area (Å²) >= 11 is 5.53. The molecule has 8 amide bonds. The van der Waals surface area contributed by atoms with Gasteiger partial charge in [0.25, 0.3) is 23.6 Å². The number of aliphatic hydroxyl groups is 1. The Labute approximate surface area is 836 Å². The SMILES string of the molecule is C=CC(=O)N1CCC2(CC(n3c(NC(=O)c4ccc(-c5cccnc5)s4)nc4cc(CO)ccc43)C2)C1.C=CC(=O)N1CCC2(CC(n3c(NC(=O)c4ccc(-c5ccco5)s4)nc4c(F)cccc43)C2)C1.C=CC(=O)N1CCC2(CC(n3c(NC(=O)c4ccc(-c5ccco5)s4)nc4cc(F)ccc43)C2)C1.C=CC(=O)N1CCC2(CC(n3c(NC(=O)c4ccc(-c5ccnc(C)c5)s4)nc4ccccc43)C2)C1. The number of hydrogen-bond donors (Lipinski definition) is 5. The number of furan rings is 2. The van der Waals surface area contributed by atoms with Gasteiger partial charge in [0, 0.05) is 122 Å². The molecule has 16 aromatic rings. The smallest absolute Gasteiger partial charge is 0.268 e. The van der Waals surface area contributed by atoms with E-state index in [4.69, 9.17) is 18.8 Å². The molecule has 4 saturated carbocycles. The van der Waals surface area contributed by atoms with Crippen LogP contribution in [0.5, 0.6) is 0 Å². The molecular formula is C108H100F2N18O11S4. The quantitative estimate of drug-likeness (QED) is 0.0417. The van der Waals surface area contributed by atoms with Gasteiger partial charge in [0.1, 0.15) is 22.9 Å². The standard InChI is InChI=1S/C28H27N5O3S.C28H27N5O2S.2C26H23FN4O3S/c1-2-25(35)32-11-9-28(17-32)13-20(14-28)33-22-6-5-18(16-34)12-21(22)30-27(33)31-26(36)24-8-7-23(37-24)19-4-3-10-29-15-19;1-3-25(34)32-13-11-28(17-32)15-20(16-28)33-22-7-5-4-6-21(22)30-27(33)31-26(35)24-9-8-23(36-24)19-10-12-29-18(2)14-19;1-2-22(32)30-11-10-26(15-30)13-16(14-26)31-18-6-3-5-17(27)23(18)28-25(31)29-24(33)21-9-8-20(35-21)19-7-4-12-34-19;1-2-23(32)30-10-9-26(15-30)13-17(14-26)31-19-6-5-16(27)12-18(19)28-25(31)29-24(33)22-8-7-21(35-22)20-4-3-11-34-20/h2-8,10,12,15,20,34H,1,9,11,13-14,16-17H2,(H,30,31,36);3-10,12,14,20H,1,11,13,15-17H2,2H3,(H,30,31,35);2-9,12,16H,1,10-11,13-15H2,(H,28,29,33);2-8,11-12,17H,1,9-10,13-15H2,(H,28,29,33). The zero-order valence-electron chi connectivity index (χ0n) is 78.1. The third-order valence-electron chi connectivity index (χ3n) is 29.2. The summed E-state index contributed by atoms with van der Waals surface area (Å²) in [4.78, 5) is 142. The van der Waals surface area contributed by atoms with Crippen LogP contribution in [0.15, 0.2) is 266 Å². The van der Waals surface area contributed by atoms with E-state index in [2.05, 4.69) is 82.7 Å². The lowest BCUT2D eigenvalue weighted by Gasteiger charge is -2.46. The zero-order chi connectivity index (χ0) is 98.7. The van der Waals surface area contributed by atoms with Gasteiger partial charge in [-0.05, 0) is 281 Å². The minimum absolute atomic E-state index is 0.00796. The Balaban J connectivity index is 0.000000113. The van der Waals surface area contributed by atoms with Crippen molar-refractivity contribution in [2.24, 2.45) is 21.7 Å². The average Bonchev–Trinajstić information content (AvgIpc) is 1.60. The fourth-order valence-electron chi connectivity index (χ4n) is 22.2. The number of aliphatic hydroxyl groups excluding tert-OH is 1. The third kappa shape index (κ3) is 18.7. The Kier molecular flexibility index (Phi) is 25.5. The van der Waals surface area contributed by atoms with Gasteiger partial charge < -0.3 is 51.8 Å². The number of carbonyl (C=O) groups excluding carboxylic acids is 8. The van der Waals surface area contributed by atoms with Crippen LogP contribution in [-0.4, -0.2) is 172 Å². The van der Waals surface area contributed by atoms with Gasteiger partial charge in [-0.3, -0.25) is 69.6 Å². The van der Waals surface area contributed by atoms with Crippen LogP contribution >= 0.6 is 45.3 Å². The normalized spacial score (nSPS) is 21.1. The molecule has 0 unspecified atom stereocenters. The molecule has 726 valence electrons. The van der Waals surface area contributed by atoms with E-state index in [1.807, 2.05) is 151 Å². The Morgan fingerprint density at radius 1 is 0.413 bits per heavy atom. The third-order valence-corrected chi connectivity index (χ3v) is 33.7. The van der Waals surface area contributed by atoms with Crippen molar-refractivity contribution < 1.29 is 61.1 Å². The van der Waals surface area contributed by atoms with E-state index < -0.39 is 5.82 Å². The number of pyridine rings is 2. The summed E-state index contributed by atoms with van der Waals surface area (Å²) < 4.78 is 47.7. The number of anilines is 4. The van der Waals surface area contributed by atoms with Crippen molar-refractivity contribution in [2.75, 3.05) is 73.6 Å². The summed E-state index contributed by atoms with van der Waals surface area (Å²) in [7, 11) is 0. The molecule has 8 fully saturated rings. The van der Waals surface area contributed by atoms with Gasteiger partial charge in [0.15, 0.2) is 5.82 Å². The van der Waals surface area contributed by atoms with Crippen molar-refractivity contribution in [3.05, 3.63) is 300 Å². The molecular weight excluding hydrogens is 1890 g/mol. The number of aromatic nitrogens is 10. The minimum atomic E-state index is -0.425. The van der Waals surface area contributed by atoms with Crippen molar-refractivity contribution in [2.45, 2.75) is 115 Å². The first-order valence-corrected chi connectivity index (χ1v) is 50.7. The number of hydrogen-bond acceptors (Lipinski definition) is 21. The average molecular weight is 1990 g/mol. The number of thiophene rings is 4. The number of para-hydroxylation sites is 3. The van der Waals surface area contributed by atoms with Crippen LogP contribution in [0.1, 0.15) is 151 Å². The van der Waals surface area contributed by atoms with Gasteiger partial charge in [0.05, 0.1) is 87.0 Å². The van der Waals surface area contributed by atoms with Crippen molar-refractivity contribution in [3.8, 4) is 42.2 Å². The van der Waals surface area contributed by atoms with E-state index in [1.54, 1.807) is 67.5 Å². The highest BCUT2D eigenvalue weighted by atomic mass is 32.1. The van der Waals surface area contributed by atoms with Crippen LogP contribution in [0, 0.1) is 40.2 Å². The molecule has 4 spiro atoms. The van der Waals surface area contributed by atoms with E-state index in [0.29, 0.717) is 78.9 Å². The van der Waals surface area contributed by atoms with E-state index in [1.165, 1.54) is 87.9 Å². The van der Waals surface area contributed by atoms with Crippen LogP contribution in [0.2, 0.25) is 0 Å². The molecule has 0 atom stereocenters. The molecule has 4 saturated heterocycles. The predicted octanol–water partition coefficient (Wildman–Crippen LogP) is 21.1. The van der Waals surface area contributed by atoms with E-state index in [9.17, 15) is 52.2 Å². The largest absolute Gasteiger partial charge is 0.464 e. The second kappa shape index (κ2) is 38.8. The molecule has 24 rings (SSSR count). The molecule has 8 aliphatic rings. The summed E-state index contributed by atoms with van der Waals surface area (Å²) in [5.41, 5.74) is 9.78. The number of fused-ring (bicyclic) bond motifs is 4. The first-order valence-electron chi connectivity index (χ1n) is 47.5. The summed E-state index contributed by atoms with van der Waals surface area (Å²) in [6, 6.07) is 53.5. The van der Waals surface area contributed by atoms with Gasteiger partial charge in [-0.25, -0.2) is 28.7 Å². The van der Waals surface area contributed by atoms with Crippen LogP contribution in [0.25, 0.3) is 86.3 Å². The maximum atomic E-state index is 14.6. The number of halogens is 2. The Morgan fingerprint density at radius 3 is 1.24 bits per heavy atom. The maximum absolute atomic E-state index is 14.6. The van der Waals surface area contributed by atoms with Crippen LogP contribution in [-0.2, 0) is 25.8 Å². The molecule has 143 heavy (non-hydrogen) atoms. The zero-order valence-corrected chi connectivity index (χ0v) is 81.4. The number of likely N-dealkylation sites (tertiary alicyclic amines) is 4. The molecule has 4 aliphatic heterocycles. The number of carbonyl (C=O) groups is 8. The molecule has 0 bridgehead atoms. The number of rotatable bonds is 21. The van der Waals surface area contributed by atoms with Gasteiger partial charge >= 0.3 is 0 Å². The molecule has 4 aliphatic carbocycles. The number of aryl methyl sites for hydroxylation is 1. The van der Waals surface area contributed by atoms with Gasteiger partial charge in [-0.2, -0.15) is 0 Å². The first-order chi connectivity index (χ1) is 69.3. The Morgan fingerprint density at radius 2 is 0.811 bits per heavy atom. The van der Waals surface area contributed by atoms with Crippen LogP contribution in [0.4, 0.5) is 32.6 Å². The summed E-state index contributed by atoms with van der Waals surface area (Å²) in [6.07, 6.45) is 25.0. The number of nitrogens with one attached hydrogen (secondary N) is 4. The lowest BCUT2D eigenvalue weighted by molar-refractivity contribution is -0.126. The van der Waals surface area contributed by atoms with E-state index >= 15 is 0 Å². The topological polar surface area (TPSA) is 341 Å².